The van der Waals surface area contributed by atoms with Crippen LogP contribution in [0.3, 0.4) is 0 Å². The van der Waals surface area contributed by atoms with Crippen LogP contribution >= 0.6 is 11.3 Å². The van der Waals surface area contributed by atoms with Crippen LogP contribution < -0.4 is 9.64 Å². The number of nitrogens with zero attached hydrogens (tertiary/aromatic N) is 2. The quantitative estimate of drug-likeness (QED) is 0.363. The topological polar surface area (TPSA) is 100.0 Å². The average molecular weight is 436 g/mol. The number of amides is 1. The first kappa shape index (κ1) is 20.6. The molecular weight excluding hydrogens is 416 g/mol. The number of aromatic hydroxyl groups is 1. The van der Waals surface area contributed by atoms with E-state index in [0.717, 1.165) is 10.6 Å². The molecule has 31 heavy (non-hydrogen) atoms. The standard InChI is InChI=1S/C23H20N2O5S/c1-12-13(2)31-23(24-12)25-19(14-4-8-16(26)9-5-14)18(21(28)22(25)29)20(27)15-6-10-17(30-3)11-7-15/h4-11,19,26-27H,1-3H3/t19-/m1/s1. The summed E-state index contributed by atoms with van der Waals surface area (Å²) in [6, 6.07) is 11.9. The largest absolute Gasteiger partial charge is 0.508 e. The van der Waals surface area contributed by atoms with Crippen molar-refractivity contribution in [3.63, 3.8) is 0 Å². The lowest BCUT2D eigenvalue weighted by Gasteiger charge is -2.23. The first-order chi connectivity index (χ1) is 14.8. The fourth-order valence-corrected chi connectivity index (χ4v) is 4.40. The highest BCUT2D eigenvalue weighted by atomic mass is 32.1. The molecule has 2 N–H and O–H groups in total. The molecule has 0 radical (unpaired) electrons. The number of aromatic nitrogens is 1. The molecule has 0 saturated carbocycles. The van der Waals surface area contributed by atoms with Crippen molar-refractivity contribution in [1.82, 2.24) is 4.98 Å². The molecule has 1 aromatic heterocycles. The summed E-state index contributed by atoms with van der Waals surface area (Å²) in [6.07, 6.45) is 0. The van der Waals surface area contributed by atoms with Crippen molar-refractivity contribution in [2.75, 3.05) is 12.0 Å². The predicted octanol–water partition coefficient (Wildman–Crippen LogP) is 4.10. The molecule has 4 rings (SSSR count). The van der Waals surface area contributed by atoms with Crippen LogP contribution in [0, 0.1) is 13.8 Å². The molecule has 0 aliphatic carbocycles. The van der Waals surface area contributed by atoms with E-state index in [1.165, 1.54) is 35.5 Å². The molecule has 1 aliphatic rings. The zero-order valence-corrected chi connectivity index (χ0v) is 17.9. The number of aliphatic hydroxyl groups excluding tert-OH is 1. The third-order valence-electron chi connectivity index (χ3n) is 5.24. The van der Waals surface area contributed by atoms with E-state index in [1.807, 2.05) is 13.8 Å². The summed E-state index contributed by atoms with van der Waals surface area (Å²) in [5.74, 6) is -1.19. The van der Waals surface area contributed by atoms with Gasteiger partial charge in [-0.2, -0.15) is 0 Å². The van der Waals surface area contributed by atoms with Crippen molar-refractivity contribution in [1.29, 1.82) is 0 Å². The fraction of sp³-hybridized carbons (Fsp3) is 0.174. The number of ether oxygens (including phenoxy) is 1. The number of carbonyl (C=O) groups excluding carboxylic acids is 2. The van der Waals surface area contributed by atoms with E-state index in [2.05, 4.69) is 4.98 Å². The van der Waals surface area contributed by atoms with Gasteiger partial charge in [-0.05, 0) is 55.8 Å². The summed E-state index contributed by atoms with van der Waals surface area (Å²) in [4.78, 5) is 32.8. The van der Waals surface area contributed by atoms with Gasteiger partial charge < -0.3 is 14.9 Å². The summed E-state index contributed by atoms with van der Waals surface area (Å²) in [5.41, 5.74) is 1.68. The zero-order valence-electron chi connectivity index (χ0n) is 17.1. The number of methoxy groups -OCH3 is 1. The van der Waals surface area contributed by atoms with E-state index in [1.54, 1.807) is 36.4 Å². The number of Topliss-reactive ketones (excluding diaryl/α,β-unsaturated/α-hetero) is 1. The van der Waals surface area contributed by atoms with E-state index in [0.29, 0.717) is 22.0 Å². The van der Waals surface area contributed by atoms with Crippen LogP contribution in [-0.2, 0) is 9.59 Å². The Balaban J connectivity index is 1.92. The number of hydrogen-bond acceptors (Lipinski definition) is 7. The number of hydrogen-bond donors (Lipinski definition) is 2. The van der Waals surface area contributed by atoms with Gasteiger partial charge in [0.2, 0.25) is 0 Å². The number of phenolic OH excluding ortho intramolecular Hbond substituents is 1. The highest BCUT2D eigenvalue weighted by Gasteiger charge is 2.48. The summed E-state index contributed by atoms with van der Waals surface area (Å²) in [6.45, 7) is 3.72. The molecule has 1 amide bonds. The SMILES string of the molecule is COc1ccc(C(O)=C2C(=O)C(=O)N(c3nc(C)c(C)s3)[C@@H]2c2ccc(O)cc2)cc1. The Labute approximate surface area is 182 Å². The van der Waals surface area contributed by atoms with Crippen molar-refractivity contribution < 1.29 is 24.5 Å². The summed E-state index contributed by atoms with van der Waals surface area (Å²) in [7, 11) is 1.53. The molecule has 2 heterocycles. The first-order valence-electron chi connectivity index (χ1n) is 9.50. The maximum Gasteiger partial charge on any atom is 0.301 e. The van der Waals surface area contributed by atoms with Gasteiger partial charge in [0, 0.05) is 10.4 Å². The Hall–Kier alpha value is -3.65. The van der Waals surface area contributed by atoms with Gasteiger partial charge in [0.1, 0.15) is 17.3 Å². The number of rotatable bonds is 4. The van der Waals surface area contributed by atoms with E-state index in [4.69, 9.17) is 4.74 Å². The first-order valence-corrected chi connectivity index (χ1v) is 10.3. The second-order valence-corrected chi connectivity index (χ2v) is 8.31. The number of ketones is 1. The highest BCUT2D eigenvalue weighted by Crippen LogP contribution is 2.44. The highest BCUT2D eigenvalue weighted by molar-refractivity contribution is 7.16. The molecule has 1 fully saturated rings. The summed E-state index contributed by atoms with van der Waals surface area (Å²) in [5, 5.41) is 21.1. The molecule has 1 saturated heterocycles. The van der Waals surface area contributed by atoms with Crippen LogP contribution in [0.5, 0.6) is 11.5 Å². The zero-order chi connectivity index (χ0) is 22.3. The average Bonchev–Trinajstić information content (AvgIpc) is 3.23. The van der Waals surface area contributed by atoms with Gasteiger partial charge in [0.05, 0.1) is 24.4 Å². The minimum absolute atomic E-state index is 0.0358. The third kappa shape index (κ3) is 3.55. The second-order valence-electron chi connectivity index (χ2n) is 7.13. The van der Waals surface area contributed by atoms with Gasteiger partial charge in [0.25, 0.3) is 5.78 Å². The Kier molecular flexibility index (Phi) is 5.24. The molecular formula is C23H20N2O5S. The third-order valence-corrected chi connectivity index (χ3v) is 6.31. The monoisotopic (exact) mass is 436 g/mol. The number of anilines is 1. The Morgan fingerprint density at radius 1 is 1.06 bits per heavy atom. The van der Waals surface area contributed by atoms with Crippen LogP contribution in [0.25, 0.3) is 5.76 Å². The van der Waals surface area contributed by atoms with E-state index >= 15 is 0 Å². The van der Waals surface area contributed by atoms with Gasteiger partial charge in [-0.3, -0.25) is 14.5 Å². The van der Waals surface area contributed by atoms with Gasteiger partial charge in [-0.15, -0.1) is 11.3 Å². The molecule has 0 bridgehead atoms. The van der Waals surface area contributed by atoms with Crippen molar-refractivity contribution in [2.45, 2.75) is 19.9 Å². The molecule has 2 aromatic carbocycles. The number of benzene rings is 2. The maximum atomic E-state index is 13.1. The van der Waals surface area contributed by atoms with E-state index < -0.39 is 17.7 Å². The van der Waals surface area contributed by atoms with Crippen LogP contribution in [0.15, 0.2) is 54.1 Å². The molecule has 8 heteroatoms. The van der Waals surface area contributed by atoms with Crippen molar-refractivity contribution in [3.8, 4) is 11.5 Å². The molecule has 1 atom stereocenters. The van der Waals surface area contributed by atoms with Gasteiger partial charge in [-0.1, -0.05) is 12.1 Å². The van der Waals surface area contributed by atoms with Gasteiger partial charge >= 0.3 is 5.91 Å². The maximum absolute atomic E-state index is 13.1. The predicted molar refractivity (Wildman–Crippen MR) is 117 cm³/mol. The lowest BCUT2D eigenvalue weighted by atomic mass is 9.95. The van der Waals surface area contributed by atoms with Crippen LogP contribution in [0.1, 0.15) is 27.7 Å². The van der Waals surface area contributed by atoms with E-state index in [-0.39, 0.29) is 17.1 Å². The molecule has 158 valence electrons. The summed E-state index contributed by atoms with van der Waals surface area (Å²) >= 11 is 1.31. The number of carbonyl (C=O) groups is 2. The minimum Gasteiger partial charge on any atom is -0.508 e. The van der Waals surface area contributed by atoms with Gasteiger partial charge in [-0.25, -0.2) is 4.98 Å². The molecule has 0 unspecified atom stereocenters. The van der Waals surface area contributed by atoms with Crippen LogP contribution in [0.4, 0.5) is 5.13 Å². The molecule has 0 spiro atoms. The van der Waals surface area contributed by atoms with Crippen LogP contribution in [-0.4, -0.2) is 34.0 Å². The van der Waals surface area contributed by atoms with Crippen molar-refractivity contribution in [2.24, 2.45) is 0 Å². The second kappa shape index (κ2) is 7.88. The smallest absolute Gasteiger partial charge is 0.301 e. The molecule has 3 aromatic rings. The van der Waals surface area contributed by atoms with Crippen molar-refractivity contribution in [3.05, 3.63) is 75.8 Å². The van der Waals surface area contributed by atoms with Gasteiger partial charge in [0.15, 0.2) is 5.13 Å². The summed E-state index contributed by atoms with van der Waals surface area (Å²) < 4.78 is 5.15. The lowest BCUT2D eigenvalue weighted by Crippen LogP contribution is -2.29. The Bertz CT molecular complexity index is 1180. The van der Waals surface area contributed by atoms with Crippen molar-refractivity contribution >= 4 is 33.9 Å². The van der Waals surface area contributed by atoms with Crippen LogP contribution in [0.2, 0.25) is 0 Å². The minimum atomic E-state index is -0.882. The fourth-order valence-electron chi connectivity index (χ4n) is 3.47. The number of thiazole rings is 1. The Morgan fingerprint density at radius 3 is 2.26 bits per heavy atom. The number of aryl methyl sites for hydroxylation is 2. The van der Waals surface area contributed by atoms with E-state index in [9.17, 15) is 19.8 Å². The molecule has 7 nitrogen and oxygen atoms in total. The normalized spacial score (nSPS) is 17.9. The number of phenols is 1. The lowest BCUT2D eigenvalue weighted by molar-refractivity contribution is -0.132. The Morgan fingerprint density at radius 2 is 1.71 bits per heavy atom. The molecule has 1 aliphatic heterocycles. The number of aliphatic hydroxyl groups is 1.